The van der Waals surface area contributed by atoms with Crippen LogP contribution in [-0.2, 0) is 0 Å². The summed E-state index contributed by atoms with van der Waals surface area (Å²) >= 11 is 0. The first-order chi connectivity index (χ1) is 9.86. The molecule has 2 aromatic rings. The topological polar surface area (TPSA) is 54.4 Å². The Morgan fingerprint density at radius 1 is 0.950 bits per heavy atom. The number of anilines is 2. The standard InChI is InChI=1S/C14H17N5O/c1-20-12-2-3-16-13(10-12)18-6-8-19(9-7-18)14-11-15-4-5-17-14/h2-5,10-11H,6-9H2,1H3. The fourth-order valence-corrected chi connectivity index (χ4v) is 2.32. The molecule has 1 fully saturated rings. The Labute approximate surface area is 118 Å². The summed E-state index contributed by atoms with van der Waals surface area (Å²) < 4.78 is 5.24. The highest BCUT2D eigenvalue weighted by Gasteiger charge is 2.19. The minimum Gasteiger partial charge on any atom is -0.497 e. The fraction of sp³-hybridized carbons (Fsp3) is 0.357. The maximum absolute atomic E-state index is 5.24. The van der Waals surface area contributed by atoms with Crippen LogP contribution < -0.4 is 14.5 Å². The van der Waals surface area contributed by atoms with Gasteiger partial charge in [-0.25, -0.2) is 9.97 Å². The van der Waals surface area contributed by atoms with Gasteiger partial charge in [0.15, 0.2) is 0 Å². The molecule has 0 saturated carbocycles. The van der Waals surface area contributed by atoms with Crippen LogP contribution in [-0.4, -0.2) is 48.2 Å². The number of hydrogen-bond acceptors (Lipinski definition) is 6. The number of hydrogen-bond donors (Lipinski definition) is 0. The second-order valence-electron chi connectivity index (χ2n) is 4.59. The van der Waals surface area contributed by atoms with E-state index in [1.807, 2.05) is 12.1 Å². The van der Waals surface area contributed by atoms with Crippen molar-refractivity contribution < 1.29 is 4.74 Å². The summed E-state index contributed by atoms with van der Waals surface area (Å²) in [7, 11) is 1.67. The van der Waals surface area contributed by atoms with Crippen LogP contribution in [0.2, 0.25) is 0 Å². The molecule has 6 heteroatoms. The maximum atomic E-state index is 5.24. The first-order valence-corrected chi connectivity index (χ1v) is 6.63. The summed E-state index contributed by atoms with van der Waals surface area (Å²) in [6, 6.07) is 3.83. The van der Waals surface area contributed by atoms with Crippen molar-refractivity contribution in [3.63, 3.8) is 0 Å². The molecule has 0 unspecified atom stereocenters. The number of rotatable bonds is 3. The molecule has 3 rings (SSSR count). The number of piperazine rings is 1. The van der Waals surface area contributed by atoms with Gasteiger partial charge in [0, 0.05) is 50.8 Å². The number of ether oxygens (including phenoxy) is 1. The molecule has 6 nitrogen and oxygen atoms in total. The van der Waals surface area contributed by atoms with Crippen molar-refractivity contribution >= 4 is 11.6 Å². The van der Waals surface area contributed by atoms with Gasteiger partial charge in [-0.15, -0.1) is 0 Å². The van der Waals surface area contributed by atoms with Gasteiger partial charge in [-0.05, 0) is 6.07 Å². The quantitative estimate of drug-likeness (QED) is 0.836. The van der Waals surface area contributed by atoms with E-state index in [4.69, 9.17) is 4.74 Å². The zero-order valence-corrected chi connectivity index (χ0v) is 11.4. The molecule has 1 saturated heterocycles. The Kier molecular flexibility index (Phi) is 3.62. The van der Waals surface area contributed by atoms with Gasteiger partial charge in [-0.2, -0.15) is 0 Å². The summed E-state index contributed by atoms with van der Waals surface area (Å²) in [5, 5.41) is 0. The lowest BCUT2D eigenvalue weighted by Crippen LogP contribution is -2.47. The average molecular weight is 271 g/mol. The van der Waals surface area contributed by atoms with E-state index in [2.05, 4.69) is 24.8 Å². The van der Waals surface area contributed by atoms with E-state index in [1.165, 1.54) is 0 Å². The maximum Gasteiger partial charge on any atom is 0.147 e. The molecule has 1 aliphatic rings. The molecule has 2 aromatic heterocycles. The van der Waals surface area contributed by atoms with Gasteiger partial charge in [0.05, 0.1) is 13.3 Å². The van der Waals surface area contributed by atoms with Crippen LogP contribution in [0, 0.1) is 0 Å². The monoisotopic (exact) mass is 271 g/mol. The van der Waals surface area contributed by atoms with Crippen LogP contribution in [0.3, 0.4) is 0 Å². The Morgan fingerprint density at radius 3 is 2.30 bits per heavy atom. The Hall–Kier alpha value is -2.37. The van der Waals surface area contributed by atoms with Crippen molar-refractivity contribution in [1.82, 2.24) is 15.0 Å². The lowest BCUT2D eigenvalue weighted by molar-refractivity contribution is 0.414. The third-order valence-electron chi connectivity index (χ3n) is 3.43. The van der Waals surface area contributed by atoms with Crippen molar-refractivity contribution in [2.24, 2.45) is 0 Å². The van der Waals surface area contributed by atoms with Gasteiger partial charge >= 0.3 is 0 Å². The largest absolute Gasteiger partial charge is 0.497 e. The summed E-state index contributed by atoms with van der Waals surface area (Å²) in [5.41, 5.74) is 0. The van der Waals surface area contributed by atoms with Crippen molar-refractivity contribution in [1.29, 1.82) is 0 Å². The molecule has 0 bridgehead atoms. The molecule has 0 N–H and O–H groups in total. The highest BCUT2D eigenvalue weighted by Crippen LogP contribution is 2.20. The molecule has 0 spiro atoms. The van der Waals surface area contributed by atoms with E-state index in [1.54, 1.807) is 31.9 Å². The minimum absolute atomic E-state index is 0.839. The highest BCUT2D eigenvalue weighted by atomic mass is 16.5. The molecule has 0 amide bonds. The van der Waals surface area contributed by atoms with Gasteiger partial charge in [0.2, 0.25) is 0 Å². The number of methoxy groups -OCH3 is 1. The molecule has 3 heterocycles. The first kappa shape index (κ1) is 12.7. The zero-order valence-electron chi connectivity index (χ0n) is 11.4. The molecule has 0 atom stereocenters. The molecule has 0 aliphatic carbocycles. The summed E-state index contributed by atoms with van der Waals surface area (Å²) in [5.74, 6) is 2.74. The summed E-state index contributed by atoms with van der Waals surface area (Å²) in [4.78, 5) is 17.4. The predicted octanol–water partition coefficient (Wildman–Crippen LogP) is 1.21. The van der Waals surface area contributed by atoms with Gasteiger partial charge in [0.1, 0.15) is 17.4 Å². The first-order valence-electron chi connectivity index (χ1n) is 6.63. The molecule has 1 aliphatic heterocycles. The van der Waals surface area contributed by atoms with E-state index in [9.17, 15) is 0 Å². The molecule has 0 aromatic carbocycles. The van der Waals surface area contributed by atoms with Crippen LogP contribution in [0.4, 0.5) is 11.6 Å². The van der Waals surface area contributed by atoms with Crippen molar-refractivity contribution in [3.05, 3.63) is 36.9 Å². The number of pyridine rings is 1. The van der Waals surface area contributed by atoms with Crippen LogP contribution in [0.1, 0.15) is 0 Å². The molecular formula is C14H17N5O. The van der Waals surface area contributed by atoms with E-state index in [0.717, 1.165) is 43.6 Å². The Morgan fingerprint density at radius 2 is 1.65 bits per heavy atom. The Bertz CT molecular complexity index is 555. The smallest absolute Gasteiger partial charge is 0.147 e. The molecule has 20 heavy (non-hydrogen) atoms. The summed E-state index contributed by atoms with van der Waals surface area (Å²) in [6.07, 6.45) is 7.01. The lowest BCUT2D eigenvalue weighted by atomic mass is 10.3. The minimum atomic E-state index is 0.839. The van der Waals surface area contributed by atoms with E-state index < -0.39 is 0 Å². The van der Waals surface area contributed by atoms with Gasteiger partial charge in [-0.1, -0.05) is 0 Å². The zero-order chi connectivity index (χ0) is 13.8. The van der Waals surface area contributed by atoms with E-state index >= 15 is 0 Å². The van der Waals surface area contributed by atoms with Crippen molar-refractivity contribution in [2.45, 2.75) is 0 Å². The van der Waals surface area contributed by atoms with Crippen molar-refractivity contribution in [2.75, 3.05) is 43.1 Å². The second kappa shape index (κ2) is 5.73. The average Bonchev–Trinajstić information content (AvgIpc) is 2.56. The van der Waals surface area contributed by atoms with Gasteiger partial charge in [-0.3, -0.25) is 4.98 Å². The Balaban J connectivity index is 1.66. The molecular weight excluding hydrogens is 254 g/mol. The van der Waals surface area contributed by atoms with E-state index in [-0.39, 0.29) is 0 Å². The second-order valence-corrected chi connectivity index (χ2v) is 4.59. The predicted molar refractivity (Wildman–Crippen MR) is 77.2 cm³/mol. The summed E-state index contributed by atoms with van der Waals surface area (Å²) in [6.45, 7) is 3.66. The van der Waals surface area contributed by atoms with E-state index in [0.29, 0.717) is 0 Å². The van der Waals surface area contributed by atoms with Gasteiger partial charge in [0.25, 0.3) is 0 Å². The lowest BCUT2D eigenvalue weighted by Gasteiger charge is -2.35. The highest BCUT2D eigenvalue weighted by molar-refractivity contribution is 5.46. The molecule has 0 radical (unpaired) electrons. The van der Waals surface area contributed by atoms with Crippen LogP contribution in [0.25, 0.3) is 0 Å². The van der Waals surface area contributed by atoms with Crippen molar-refractivity contribution in [3.8, 4) is 5.75 Å². The fourth-order valence-electron chi connectivity index (χ4n) is 2.32. The van der Waals surface area contributed by atoms with Crippen LogP contribution in [0.15, 0.2) is 36.9 Å². The normalized spacial score (nSPS) is 15.2. The third kappa shape index (κ3) is 2.64. The van der Waals surface area contributed by atoms with Gasteiger partial charge < -0.3 is 14.5 Å². The molecule has 104 valence electrons. The van der Waals surface area contributed by atoms with Crippen LogP contribution >= 0.6 is 0 Å². The number of aromatic nitrogens is 3. The number of nitrogens with zero attached hydrogens (tertiary/aromatic N) is 5. The van der Waals surface area contributed by atoms with Crippen LogP contribution in [0.5, 0.6) is 5.75 Å². The third-order valence-corrected chi connectivity index (χ3v) is 3.43. The SMILES string of the molecule is COc1ccnc(N2CCN(c3cnccn3)CC2)c1.